The lowest BCUT2D eigenvalue weighted by Gasteiger charge is -1.92. The SMILES string of the molecule is N/C(CCCl)=N\NC=O. The molecule has 0 bridgehead atoms. The molecule has 0 radical (unpaired) electrons. The number of nitrogens with two attached hydrogens (primary N) is 1. The van der Waals surface area contributed by atoms with Gasteiger partial charge in [0, 0.05) is 12.3 Å². The van der Waals surface area contributed by atoms with Gasteiger partial charge in [-0.3, -0.25) is 4.79 Å². The van der Waals surface area contributed by atoms with Crippen LogP contribution in [0.15, 0.2) is 5.10 Å². The first-order valence-corrected chi connectivity index (χ1v) is 2.92. The second kappa shape index (κ2) is 5.37. The van der Waals surface area contributed by atoms with E-state index < -0.39 is 0 Å². The summed E-state index contributed by atoms with van der Waals surface area (Å²) in [6, 6.07) is 0. The molecule has 3 N–H and O–H groups in total. The molecule has 0 saturated heterocycles. The Morgan fingerprint density at radius 2 is 2.56 bits per heavy atom. The van der Waals surface area contributed by atoms with Crippen molar-refractivity contribution in [3.63, 3.8) is 0 Å². The number of amidine groups is 1. The number of alkyl halides is 1. The normalized spacial score (nSPS) is 11.0. The van der Waals surface area contributed by atoms with E-state index in [-0.39, 0.29) is 0 Å². The van der Waals surface area contributed by atoms with Gasteiger partial charge in [0.1, 0.15) is 5.84 Å². The van der Waals surface area contributed by atoms with Crippen molar-refractivity contribution in [1.29, 1.82) is 0 Å². The maximum Gasteiger partial charge on any atom is 0.227 e. The Balaban J connectivity index is 3.42. The minimum atomic E-state index is 0.331. The maximum absolute atomic E-state index is 9.61. The molecule has 4 nitrogen and oxygen atoms in total. The van der Waals surface area contributed by atoms with Crippen LogP contribution in [0.3, 0.4) is 0 Å². The van der Waals surface area contributed by atoms with E-state index in [9.17, 15) is 4.79 Å². The van der Waals surface area contributed by atoms with Gasteiger partial charge in [-0.15, -0.1) is 11.6 Å². The second-order valence-corrected chi connectivity index (χ2v) is 1.67. The number of carbonyl (C=O) groups excluding carboxylic acids is 1. The summed E-state index contributed by atoms with van der Waals surface area (Å²) in [7, 11) is 0. The number of halogens is 1. The van der Waals surface area contributed by atoms with Crippen LogP contribution in [0.4, 0.5) is 0 Å². The smallest absolute Gasteiger partial charge is 0.227 e. The largest absolute Gasteiger partial charge is 0.386 e. The van der Waals surface area contributed by atoms with Gasteiger partial charge in [0.05, 0.1) is 0 Å². The number of amides is 1. The average molecular weight is 150 g/mol. The molecular formula is C4H8ClN3O. The first kappa shape index (κ1) is 8.23. The van der Waals surface area contributed by atoms with Gasteiger partial charge in [-0.25, -0.2) is 5.43 Å². The highest BCUT2D eigenvalue weighted by atomic mass is 35.5. The molecule has 0 heterocycles. The summed E-state index contributed by atoms with van der Waals surface area (Å²) < 4.78 is 0. The summed E-state index contributed by atoms with van der Waals surface area (Å²) >= 11 is 5.30. The van der Waals surface area contributed by atoms with E-state index in [1.54, 1.807) is 0 Å². The highest BCUT2D eigenvalue weighted by Gasteiger charge is 1.87. The maximum atomic E-state index is 9.61. The molecule has 0 aromatic rings. The highest BCUT2D eigenvalue weighted by Crippen LogP contribution is 1.81. The molecule has 0 fully saturated rings. The summed E-state index contributed by atoms with van der Waals surface area (Å²) in [6.45, 7) is 0. The highest BCUT2D eigenvalue weighted by molar-refractivity contribution is 6.19. The zero-order valence-electron chi connectivity index (χ0n) is 4.80. The summed E-state index contributed by atoms with van der Waals surface area (Å²) in [4.78, 5) is 9.61. The molecule has 0 unspecified atom stereocenters. The Hall–Kier alpha value is -0.770. The molecule has 0 aliphatic rings. The van der Waals surface area contributed by atoms with Gasteiger partial charge in [-0.2, -0.15) is 5.10 Å². The lowest BCUT2D eigenvalue weighted by Crippen LogP contribution is -2.17. The van der Waals surface area contributed by atoms with Gasteiger partial charge in [0.15, 0.2) is 0 Å². The molecular weight excluding hydrogens is 142 g/mol. The van der Waals surface area contributed by atoms with E-state index in [4.69, 9.17) is 17.3 Å². The minimum Gasteiger partial charge on any atom is -0.386 e. The Labute approximate surface area is 58.1 Å². The van der Waals surface area contributed by atoms with Crippen molar-refractivity contribution < 1.29 is 4.79 Å². The van der Waals surface area contributed by atoms with E-state index in [1.165, 1.54) is 0 Å². The van der Waals surface area contributed by atoms with Crippen LogP contribution in [-0.2, 0) is 4.79 Å². The molecule has 52 valence electrons. The zero-order valence-corrected chi connectivity index (χ0v) is 5.56. The molecule has 0 atom stereocenters. The zero-order chi connectivity index (χ0) is 7.11. The van der Waals surface area contributed by atoms with Crippen LogP contribution in [0.1, 0.15) is 6.42 Å². The number of carbonyl (C=O) groups is 1. The average Bonchev–Trinajstić information content (AvgIpc) is 1.85. The molecule has 0 spiro atoms. The predicted molar refractivity (Wildman–Crippen MR) is 36.2 cm³/mol. The van der Waals surface area contributed by atoms with Crippen LogP contribution in [-0.4, -0.2) is 18.1 Å². The van der Waals surface area contributed by atoms with Crippen LogP contribution in [0.2, 0.25) is 0 Å². The van der Waals surface area contributed by atoms with Gasteiger partial charge in [-0.1, -0.05) is 0 Å². The van der Waals surface area contributed by atoms with Gasteiger partial charge >= 0.3 is 0 Å². The summed E-state index contributed by atoms with van der Waals surface area (Å²) in [5, 5.41) is 3.42. The van der Waals surface area contributed by atoms with Gasteiger partial charge in [-0.05, 0) is 0 Å². The van der Waals surface area contributed by atoms with Gasteiger partial charge in [0.25, 0.3) is 0 Å². The fourth-order valence-electron chi connectivity index (χ4n) is 0.262. The first-order chi connectivity index (χ1) is 4.31. The van der Waals surface area contributed by atoms with Crippen LogP contribution >= 0.6 is 11.6 Å². The van der Waals surface area contributed by atoms with Crippen molar-refractivity contribution in [2.75, 3.05) is 5.88 Å². The molecule has 0 saturated carbocycles. The molecule has 0 rings (SSSR count). The Morgan fingerprint density at radius 3 is 3.00 bits per heavy atom. The van der Waals surface area contributed by atoms with E-state index >= 15 is 0 Å². The topological polar surface area (TPSA) is 67.5 Å². The number of hydrogen-bond donors (Lipinski definition) is 2. The third-order valence-electron chi connectivity index (χ3n) is 0.611. The Bertz CT molecular complexity index is 114. The van der Waals surface area contributed by atoms with Crippen LogP contribution in [0.25, 0.3) is 0 Å². The lowest BCUT2D eigenvalue weighted by molar-refractivity contribution is -0.109. The Morgan fingerprint density at radius 1 is 1.89 bits per heavy atom. The van der Waals surface area contributed by atoms with E-state index in [0.29, 0.717) is 24.5 Å². The summed E-state index contributed by atoms with van der Waals surface area (Å²) in [6.07, 6.45) is 0.934. The third kappa shape index (κ3) is 5.10. The molecule has 5 heteroatoms. The van der Waals surface area contributed by atoms with Gasteiger partial charge in [0.2, 0.25) is 6.41 Å². The monoisotopic (exact) mass is 149 g/mol. The number of hydrazone groups is 1. The number of rotatable bonds is 4. The van der Waals surface area contributed by atoms with E-state index in [2.05, 4.69) is 10.5 Å². The third-order valence-corrected chi connectivity index (χ3v) is 0.800. The lowest BCUT2D eigenvalue weighted by atomic mass is 10.5. The first-order valence-electron chi connectivity index (χ1n) is 2.38. The van der Waals surface area contributed by atoms with Crippen molar-refractivity contribution in [2.24, 2.45) is 10.8 Å². The standard InChI is InChI=1S/C4H8ClN3O/c5-2-1-4(6)8-7-3-9/h3H,1-2H2,(H2,6,8)(H,7,9). The second-order valence-electron chi connectivity index (χ2n) is 1.29. The summed E-state index contributed by atoms with van der Waals surface area (Å²) in [5.74, 6) is 0.743. The molecule has 9 heavy (non-hydrogen) atoms. The minimum absolute atomic E-state index is 0.331. The molecule has 0 aliphatic heterocycles. The fourth-order valence-corrected chi connectivity index (χ4v) is 0.456. The van der Waals surface area contributed by atoms with Gasteiger partial charge < -0.3 is 5.73 Å². The molecule has 1 amide bonds. The summed E-state index contributed by atoms with van der Waals surface area (Å²) in [5.41, 5.74) is 7.27. The number of nitrogens with one attached hydrogen (secondary N) is 1. The van der Waals surface area contributed by atoms with Crippen LogP contribution in [0, 0.1) is 0 Å². The Kier molecular flexibility index (Phi) is 4.91. The van der Waals surface area contributed by atoms with Crippen molar-refractivity contribution in [3.8, 4) is 0 Å². The van der Waals surface area contributed by atoms with Crippen LogP contribution in [0.5, 0.6) is 0 Å². The predicted octanol–water partition coefficient (Wildman–Crippen LogP) is -0.367. The van der Waals surface area contributed by atoms with Crippen molar-refractivity contribution >= 4 is 23.8 Å². The quantitative estimate of drug-likeness (QED) is 0.188. The van der Waals surface area contributed by atoms with Crippen molar-refractivity contribution in [1.82, 2.24) is 5.43 Å². The molecule has 0 aliphatic carbocycles. The molecule has 0 aromatic carbocycles. The number of nitrogens with zero attached hydrogens (tertiary/aromatic N) is 1. The van der Waals surface area contributed by atoms with Crippen molar-refractivity contribution in [3.05, 3.63) is 0 Å². The van der Waals surface area contributed by atoms with E-state index in [0.717, 1.165) is 0 Å². The number of hydrogen-bond acceptors (Lipinski definition) is 2. The van der Waals surface area contributed by atoms with Crippen molar-refractivity contribution in [2.45, 2.75) is 6.42 Å². The van der Waals surface area contributed by atoms with Crippen LogP contribution < -0.4 is 11.2 Å². The van der Waals surface area contributed by atoms with E-state index in [1.807, 2.05) is 0 Å². The molecule has 0 aromatic heterocycles. The fraction of sp³-hybridized carbons (Fsp3) is 0.500.